The SMILES string of the molecule is CCc1ccc(Oc2ncnc(NNC(=O)c3cccc(Cl)c3)c2N)cc1. The number of aryl methyl sites for hydroxylation is 1. The third kappa shape index (κ3) is 4.65. The Morgan fingerprint density at radius 1 is 1.19 bits per heavy atom. The number of nitrogens with two attached hydrogens (primary N) is 1. The summed E-state index contributed by atoms with van der Waals surface area (Å²) in [7, 11) is 0. The minimum atomic E-state index is -0.381. The molecular formula is C19H18ClN5O2. The Bertz CT molecular complexity index is 947. The van der Waals surface area contributed by atoms with Crippen molar-refractivity contribution in [2.45, 2.75) is 13.3 Å². The smallest absolute Gasteiger partial charge is 0.269 e. The van der Waals surface area contributed by atoms with Crippen LogP contribution in [-0.4, -0.2) is 15.9 Å². The highest BCUT2D eigenvalue weighted by molar-refractivity contribution is 6.30. The van der Waals surface area contributed by atoms with E-state index in [0.29, 0.717) is 16.3 Å². The molecular weight excluding hydrogens is 366 g/mol. The van der Waals surface area contributed by atoms with Gasteiger partial charge in [-0.25, -0.2) is 4.98 Å². The van der Waals surface area contributed by atoms with Crippen molar-refractivity contribution in [1.82, 2.24) is 15.4 Å². The molecule has 0 saturated heterocycles. The molecule has 0 fully saturated rings. The van der Waals surface area contributed by atoms with Crippen molar-refractivity contribution in [3.05, 3.63) is 71.0 Å². The van der Waals surface area contributed by atoms with Gasteiger partial charge in [0.1, 0.15) is 17.8 Å². The summed E-state index contributed by atoms with van der Waals surface area (Å²) in [5, 5.41) is 0.467. The second-order valence-electron chi connectivity index (χ2n) is 5.63. The molecule has 0 unspecified atom stereocenters. The molecule has 8 heteroatoms. The van der Waals surface area contributed by atoms with Gasteiger partial charge in [0.25, 0.3) is 5.91 Å². The summed E-state index contributed by atoms with van der Waals surface area (Å²) in [5.74, 6) is 0.633. The van der Waals surface area contributed by atoms with E-state index in [1.54, 1.807) is 24.3 Å². The summed E-state index contributed by atoms with van der Waals surface area (Å²) >= 11 is 5.89. The monoisotopic (exact) mass is 383 g/mol. The average molecular weight is 384 g/mol. The normalized spacial score (nSPS) is 10.3. The van der Waals surface area contributed by atoms with Gasteiger partial charge in [0.15, 0.2) is 5.82 Å². The molecule has 0 saturated carbocycles. The third-order valence-electron chi connectivity index (χ3n) is 3.77. The van der Waals surface area contributed by atoms with Crippen LogP contribution in [0.2, 0.25) is 5.02 Å². The molecule has 0 bridgehead atoms. The molecule has 1 aromatic heterocycles. The molecule has 3 aromatic rings. The van der Waals surface area contributed by atoms with Crippen molar-refractivity contribution in [3.63, 3.8) is 0 Å². The lowest BCUT2D eigenvalue weighted by Gasteiger charge is -2.12. The minimum absolute atomic E-state index is 0.170. The molecule has 0 aliphatic carbocycles. The van der Waals surface area contributed by atoms with Crippen LogP contribution < -0.4 is 21.3 Å². The Balaban J connectivity index is 1.69. The molecule has 0 spiro atoms. The summed E-state index contributed by atoms with van der Waals surface area (Å²) in [6.07, 6.45) is 2.23. The molecule has 0 atom stereocenters. The minimum Gasteiger partial charge on any atom is -0.437 e. The first-order valence-corrected chi connectivity index (χ1v) is 8.64. The quantitative estimate of drug-likeness (QED) is 0.559. The van der Waals surface area contributed by atoms with Gasteiger partial charge in [0, 0.05) is 10.6 Å². The Morgan fingerprint density at radius 3 is 2.67 bits per heavy atom. The zero-order valence-corrected chi connectivity index (χ0v) is 15.3. The first-order chi connectivity index (χ1) is 13.1. The number of hydrazine groups is 1. The fraction of sp³-hybridized carbons (Fsp3) is 0.105. The highest BCUT2D eigenvalue weighted by Crippen LogP contribution is 2.29. The van der Waals surface area contributed by atoms with E-state index in [2.05, 4.69) is 27.7 Å². The Kier molecular flexibility index (Phi) is 5.73. The number of aromatic nitrogens is 2. The number of amides is 1. The van der Waals surface area contributed by atoms with Crippen LogP contribution in [0, 0.1) is 0 Å². The van der Waals surface area contributed by atoms with Gasteiger partial charge in [0.2, 0.25) is 5.88 Å². The van der Waals surface area contributed by atoms with E-state index in [1.807, 2.05) is 24.3 Å². The zero-order valence-electron chi connectivity index (χ0n) is 14.6. The molecule has 7 nitrogen and oxygen atoms in total. The number of hydrogen-bond acceptors (Lipinski definition) is 6. The van der Waals surface area contributed by atoms with Gasteiger partial charge in [-0.2, -0.15) is 4.98 Å². The van der Waals surface area contributed by atoms with Crippen molar-refractivity contribution < 1.29 is 9.53 Å². The summed E-state index contributed by atoms with van der Waals surface area (Å²) in [6.45, 7) is 2.08. The number of rotatable bonds is 6. The van der Waals surface area contributed by atoms with Crippen LogP contribution in [0.25, 0.3) is 0 Å². The topological polar surface area (TPSA) is 102 Å². The van der Waals surface area contributed by atoms with E-state index in [9.17, 15) is 4.79 Å². The number of ether oxygens (including phenoxy) is 1. The number of halogens is 1. The lowest BCUT2D eigenvalue weighted by molar-refractivity contribution is 0.0962. The number of nitrogens with zero attached hydrogens (tertiary/aromatic N) is 2. The van der Waals surface area contributed by atoms with E-state index >= 15 is 0 Å². The van der Waals surface area contributed by atoms with Crippen LogP contribution in [0.5, 0.6) is 11.6 Å². The Morgan fingerprint density at radius 2 is 1.96 bits per heavy atom. The van der Waals surface area contributed by atoms with Crippen LogP contribution in [0.1, 0.15) is 22.8 Å². The molecule has 4 N–H and O–H groups in total. The van der Waals surface area contributed by atoms with Crippen molar-refractivity contribution >= 4 is 29.0 Å². The van der Waals surface area contributed by atoms with Gasteiger partial charge in [-0.05, 0) is 42.3 Å². The molecule has 1 heterocycles. The standard InChI is InChI=1S/C19H18ClN5O2/c1-2-12-6-8-15(9-7-12)27-19-16(21)17(22-11-23-19)24-25-18(26)13-4-3-5-14(20)10-13/h3-11H,2,21H2,1H3,(H,25,26)(H,22,23,24). The lowest BCUT2D eigenvalue weighted by atomic mass is 10.2. The molecule has 138 valence electrons. The summed E-state index contributed by atoms with van der Waals surface area (Å²) in [5.41, 5.74) is 13.0. The van der Waals surface area contributed by atoms with Crippen LogP contribution in [0.4, 0.5) is 11.5 Å². The molecule has 0 aliphatic rings. The van der Waals surface area contributed by atoms with Crippen LogP contribution in [-0.2, 0) is 6.42 Å². The molecule has 2 aromatic carbocycles. The lowest BCUT2D eigenvalue weighted by Crippen LogP contribution is -2.30. The number of nitrogens with one attached hydrogen (secondary N) is 2. The van der Waals surface area contributed by atoms with E-state index in [1.165, 1.54) is 11.9 Å². The summed E-state index contributed by atoms with van der Waals surface area (Å²) < 4.78 is 5.71. The van der Waals surface area contributed by atoms with Crippen molar-refractivity contribution in [3.8, 4) is 11.6 Å². The number of carbonyl (C=O) groups excluding carboxylic acids is 1. The van der Waals surface area contributed by atoms with E-state index in [-0.39, 0.29) is 23.3 Å². The molecule has 1 amide bonds. The van der Waals surface area contributed by atoms with Gasteiger partial charge in [-0.1, -0.05) is 36.7 Å². The van der Waals surface area contributed by atoms with Crippen LogP contribution >= 0.6 is 11.6 Å². The molecule has 0 radical (unpaired) electrons. The third-order valence-corrected chi connectivity index (χ3v) is 4.01. The number of carbonyl (C=O) groups is 1. The maximum atomic E-state index is 12.2. The Labute approximate surface area is 161 Å². The maximum Gasteiger partial charge on any atom is 0.269 e. The molecule has 3 rings (SSSR count). The largest absolute Gasteiger partial charge is 0.437 e. The van der Waals surface area contributed by atoms with E-state index < -0.39 is 0 Å². The number of nitrogen functional groups attached to an aromatic ring is 1. The van der Waals surface area contributed by atoms with E-state index in [0.717, 1.165) is 6.42 Å². The van der Waals surface area contributed by atoms with Gasteiger partial charge >= 0.3 is 0 Å². The number of benzene rings is 2. The van der Waals surface area contributed by atoms with Gasteiger partial charge in [-0.3, -0.25) is 15.6 Å². The van der Waals surface area contributed by atoms with Crippen LogP contribution in [0.3, 0.4) is 0 Å². The first-order valence-electron chi connectivity index (χ1n) is 8.26. The molecule has 27 heavy (non-hydrogen) atoms. The fourth-order valence-corrected chi connectivity index (χ4v) is 2.47. The predicted molar refractivity (Wildman–Crippen MR) is 105 cm³/mol. The van der Waals surface area contributed by atoms with Gasteiger partial charge in [-0.15, -0.1) is 0 Å². The second kappa shape index (κ2) is 8.37. The second-order valence-corrected chi connectivity index (χ2v) is 6.07. The fourth-order valence-electron chi connectivity index (χ4n) is 2.28. The maximum absolute atomic E-state index is 12.2. The average Bonchev–Trinajstić information content (AvgIpc) is 2.69. The van der Waals surface area contributed by atoms with Gasteiger partial charge < -0.3 is 10.5 Å². The number of anilines is 2. The van der Waals surface area contributed by atoms with Gasteiger partial charge in [0.05, 0.1) is 0 Å². The highest BCUT2D eigenvalue weighted by Gasteiger charge is 2.12. The van der Waals surface area contributed by atoms with Crippen molar-refractivity contribution in [2.24, 2.45) is 0 Å². The summed E-state index contributed by atoms with van der Waals surface area (Å²) in [6, 6.07) is 14.2. The van der Waals surface area contributed by atoms with Crippen LogP contribution in [0.15, 0.2) is 54.9 Å². The van der Waals surface area contributed by atoms with E-state index in [4.69, 9.17) is 22.1 Å². The molecule has 0 aliphatic heterocycles. The van der Waals surface area contributed by atoms with Crippen molar-refractivity contribution in [1.29, 1.82) is 0 Å². The zero-order chi connectivity index (χ0) is 19.2. The number of hydrogen-bond donors (Lipinski definition) is 3. The first kappa shape index (κ1) is 18.5. The predicted octanol–water partition coefficient (Wildman–Crippen LogP) is 3.82. The highest BCUT2D eigenvalue weighted by atomic mass is 35.5. The Hall–Kier alpha value is -3.32. The van der Waals surface area contributed by atoms with Crippen molar-refractivity contribution in [2.75, 3.05) is 11.2 Å². The summed E-state index contributed by atoms with van der Waals surface area (Å²) in [4.78, 5) is 20.2.